The summed E-state index contributed by atoms with van der Waals surface area (Å²) in [6.45, 7) is 2.23. The first kappa shape index (κ1) is 16.0. The molecule has 24 heavy (non-hydrogen) atoms. The van der Waals surface area contributed by atoms with Crippen molar-refractivity contribution in [3.8, 4) is 5.75 Å². The molecule has 3 rings (SSSR count). The van der Waals surface area contributed by atoms with Crippen LogP contribution in [-0.4, -0.2) is 18.1 Å². The SMILES string of the molecule is CCc1cnccc1C(=O)OCc1ccc2cc(OC)ccc2c1. The summed E-state index contributed by atoms with van der Waals surface area (Å²) in [6, 6.07) is 13.6. The van der Waals surface area contributed by atoms with E-state index in [9.17, 15) is 4.79 Å². The molecule has 0 N–H and O–H groups in total. The molecule has 2 aromatic carbocycles. The molecular formula is C20H19NO3. The smallest absolute Gasteiger partial charge is 0.338 e. The van der Waals surface area contributed by atoms with E-state index in [1.54, 1.807) is 25.6 Å². The van der Waals surface area contributed by atoms with Crippen molar-refractivity contribution in [2.24, 2.45) is 0 Å². The second kappa shape index (κ2) is 7.13. The van der Waals surface area contributed by atoms with Crippen LogP contribution in [0.15, 0.2) is 54.9 Å². The van der Waals surface area contributed by atoms with E-state index in [1.807, 2.05) is 43.3 Å². The van der Waals surface area contributed by atoms with E-state index in [4.69, 9.17) is 9.47 Å². The first-order valence-electron chi connectivity index (χ1n) is 7.88. The van der Waals surface area contributed by atoms with Gasteiger partial charge in [-0.2, -0.15) is 0 Å². The highest BCUT2D eigenvalue weighted by molar-refractivity contribution is 5.91. The molecule has 0 saturated heterocycles. The standard InChI is InChI=1S/C20H19NO3/c1-3-15-12-21-9-8-19(15)20(22)24-13-14-4-5-17-11-18(23-2)7-6-16(17)10-14/h4-12H,3,13H2,1-2H3. The Hall–Kier alpha value is -2.88. The highest BCUT2D eigenvalue weighted by atomic mass is 16.5. The molecule has 4 nitrogen and oxygen atoms in total. The lowest BCUT2D eigenvalue weighted by atomic mass is 10.1. The van der Waals surface area contributed by atoms with Crippen molar-refractivity contribution in [2.75, 3.05) is 7.11 Å². The number of aryl methyl sites for hydroxylation is 1. The quantitative estimate of drug-likeness (QED) is 0.662. The van der Waals surface area contributed by atoms with Gasteiger partial charge in [-0.1, -0.05) is 25.1 Å². The van der Waals surface area contributed by atoms with Crippen molar-refractivity contribution in [3.05, 3.63) is 71.5 Å². The lowest BCUT2D eigenvalue weighted by Crippen LogP contribution is -2.08. The third-order valence-electron chi connectivity index (χ3n) is 3.99. The van der Waals surface area contributed by atoms with Gasteiger partial charge < -0.3 is 9.47 Å². The molecular weight excluding hydrogens is 302 g/mol. The van der Waals surface area contributed by atoms with Crippen LogP contribution in [-0.2, 0) is 17.8 Å². The Morgan fingerprint density at radius 1 is 1.08 bits per heavy atom. The van der Waals surface area contributed by atoms with Gasteiger partial charge in [0.15, 0.2) is 0 Å². The molecule has 0 atom stereocenters. The zero-order valence-electron chi connectivity index (χ0n) is 13.8. The maximum Gasteiger partial charge on any atom is 0.338 e. The second-order valence-electron chi connectivity index (χ2n) is 5.51. The van der Waals surface area contributed by atoms with Crippen molar-refractivity contribution in [2.45, 2.75) is 20.0 Å². The number of esters is 1. The molecule has 0 radical (unpaired) electrons. The topological polar surface area (TPSA) is 48.4 Å². The van der Waals surface area contributed by atoms with Crippen LogP contribution in [0.25, 0.3) is 10.8 Å². The predicted octanol–water partition coefficient (Wildman–Crippen LogP) is 4.16. The van der Waals surface area contributed by atoms with Crippen molar-refractivity contribution >= 4 is 16.7 Å². The number of nitrogens with zero attached hydrogens (tertiary/aromatic N) is 1. The van der Waals surface area contributed by atoms with E-state index < -0.39 is 0 Å². The summed E-state index contributed by atoms with van der Waals surface area (Å²) in [4.78, 5) is 16.3. The Morgan fingerprint density at radius 2 is 1.88 bits per heavy atom. The number of ether oxygens (including phenoxy) is 2. The Morgan fingerprint density at radius 3 is 2.67 bits per heavy atom. The molecule has 0 aliphatic rings. The maximum atomic E-state index is 12.3. The van der Waals surface area contributed by atoms with Crippen LogP contribution in [0.3, 0.4) is 0 Å². The minimum atomic E-state index is -0.316. The van der Waals surface area contributed by atoms with Crippen LogP contribution in [0.4, 0.5) is 0 Å². The van der Waals surface area contributed by atoms with Crippen molar-refractivity contribution in [3.63, 3.8) is 0 Å². The van der Waals surface area contributed by atoms with Crippen LogP contribution >= 0.6 is 0 Å². The first-order valence-corrected chi connectivity index (χ1v) is 7.88. The molecule has 0 saturated carbocycles. The molecule has 0 aliphatic carbocycles. The third-order valence-corrected chi connectivity index (χ3v) is 3.99. The van der Waals surface area contributed by atoms with Gasteiger partial charge >= 0.3 is 5.97 Å². The summed E-state index contributed by atoms with van der Waals surface area (Å²) in [5, 5.41) is 2.18. The third kappa shape index (κ3) is 3.38. The monoisotopic (exact) mass is 321 g/mol. The molecule has 4 heteroatoms. The summed E-state index contributed by atoms with van der Waals surface area (Å²) in [7, 11) is 1.65. The number of rotatable bonds is 5. The van der Waals surface area contributed by atoms with Crippen LogP contribution in [0.5, 0.6) is 5.75 Å². The summed E-state index contributed by atoms with van der Waals surface area (Å²) < 4.78 is 10.7. The maximum absolute atomic E-state index is 12.3. The van der Waals surface area contributed by atoms with Crippen molar-refractivity contribution in [1.29, 1.82) is 0 Å². The van der Waals surface area contributed by atoms with Gasteiger partial charge in [0.2, 0.25) is 0 Å². The fourth-order valence-corrected chi connectivity index (χ4v) is 2.62. The zero-order valence-corrected chi connectivity index (χ0v) is 13.8. The molecule has 0 unspecified atom stereocenters. The van der Waals surface area contributed by atoms with Gasteiger partial charge in [0.25, 0.3) is 0 Å². The molecule has 122 valence electrons. The minimum Gasteiger partial charge on any atom is -0.497 e. The Bertz CT molecular complexity index is 874. The predicted molar refractivity (Wildman–Crippen MR) is 93.2 cm³/mol. The molecule has 3 aromatic rings. The Kier molecular flexibility index (Phi) is 4.75. The number of aromatic nitrogens is 1. The number of carbonyl (C=O) groups excluding carboxylic acids is 1. The van der Waals surface area contributed by atoms with E-state index in [0.29, 0.717) is 5.56 Å². The van der Waals surface area contributed by atoms with Crippen LogP contribution < -0.4 is 4.74 Å². The summed E-state index contributed by atoms with van der Waals surface area (Å²) >= 11 is 0. The number of carbonyl (C=O) groups is 1. The number of methoxy groups -OCH3 is 1. The van der Waals surface area contributed by atoms with Gasteiger partial charge in [0, 0.05) is 12.4 Å². The van der Waals surface area contributed by atoms with E-state index in [1.165, 1.54) is 0 Å². The second-order valence-corrected chi connectivity index (χ2v) is 5.51. The van der Waals surface area contributed by atoms with Crippen molar-refractivity contribution < 1.29 is 14.3 Å². The van der Waals surface area contributed by atoms with Gasteiger partial charge in [-0.05, 0) is 52.6 Å². The van der Waals surface area contributed by atoms with E-state index in [2.05, 4.69) is 4.98 Å². The van der Waals surface area contributed by atoms with Crippen molar-refractivity contribution in [1.82, 2.24) is 4.98 Å². The normalized spacial score (nSPS) is 10.6. The van der Waals surface area contributed by atoms with E-state index >= 15 is 0 Å². The Labute approximate surface area is 141 Å². The van der Waals surface area contributed by atoms with Gasteiger partial charge in [0.1, 0.15) is 12.4 Å². The first-order chi connectivity index (χ1) is 11.7. The summed E-state index contributed by atoms with van der Waals surface area (Å²) in [6.07, 6.45) is 4.06. The lowest BCUT2D eigenvalue weighted by molar-refractivity contribution is 0.0471. The molecule has 0 amide bonds. The van der Waals surface area contributed by atoms with Crippen LogP contribution in [0, 0.1) is 0 Å². The molecule has 1 heterocycles. The lowest BCUT2D eigenvalue weighted by Gasteiger charge is -2.09. The number of benzene rings is 2. The number of fused-ring (bicyclic) bond motifs is 1. The zero-order chi connectivity index (χ0) is 16.9. The number of hydrogen-bond donors (Lipinski definition) is 0. The van der Waals surface area contributed by atoms with Crippen LogP contribution in [0.2, 0.25) is 0 Å². The molecule has 1 aromatic heterocycles. The van der Waals surface area contributed by atoms with E-state index in [-0.39, 0.29) is 12.6 Å². The summed E-state index contributed by atoms with van der Waals surface area (Å²) in [5.74, 6) is 0.510. The van der Waals surface area contributed by atoms with Gasteiger partial charge in [0.05, 0.1) is 12.7 Å². The Balaban J connectivity index is 1.74. The van der Waals surface area contributed by atoms with Gasteiger partial charge in [-0.3, -0.25) is 4.98 Å². The number of pyridine rings is 1. The van der Waals surface area contributed by atoms with E-state index in [0.717, 1.165) is 34.1 Å². The summed E-state index contributed by atoms with van der Waals surface area (Å²) in [5.41, 5.74) is 2.43. The highest BCUT2D eigenvalue weighted by Gasteiger charge is 2.12. The molecule has 0 spiro atoms. The minimum absolute atomic E-state index is 0.242. The van der Waals surface area contributed by atoms with Gasteiger partial charge in [-0.15, -0.1) is 0 Å². The fourth-order valence-electron chi connectivity index (χ4n) is 2.62. The average molecular weight is 321 g/mol. The molecule has 0 bridgehead atoms. The fraction of sp³-hybridized carbons (Fsp3) is 0.200. The largest absolute Gasteiger partial charge is 0.497 e. The number of hydrogen-bond acceptors (Lipinski definition) is 4. The highest BCUT2D eigenvalue weighted by Crippen LogP contribution is 2.22. The van der Waals surface area contributed by atoms with Crippen LogP contribution in [0.1, 0.15) is 28.4 Å². The van der Waals surface area contributed by atoms with Gasteiger partial charge in [-0.25, -0.2) is 4.79 Å². The average Bonchev–Trinajstić information content (AvgIpc) is 2.65. The molecule has 0 aliphatic heterocycles. The molecule has 0 fully saturated rings.